The van der Waals surface area contributed by atoms with Gasteiger partial charge in [-0.2, -0.15) is 5.26 Å². The second-order valence-corrected chi connectivity index (χ2v) is 6.96. The molecule has 1 N–H and O–H groups in total. The van der Waals surface area contributed by atoms with Gasteiger partial charge in [-0.15, -0.1) is 0 Å². The third kappa shape index (κ3) is 3.83. The highest BCUT2D eigenvalue weighted by molar-refractivity contribution is 5.92. The monoisotopic (exact) mass is 387 g/mol. The summed E-state index contributed by atoms with van der Waals surface area (Å²) < 4.78 is 5.45. The van der Waals surface area contributed by atoms with Gasteiger partial charge in [0.15, 0.2) is 0 Å². The molecule has 1 aliphatic rings. The summed E-state index contributed by atoms with van der Waals surface area (Å²) in [5.41, 5.74) is 2.62. The van der Waals surface area contributed by atoms with E-state index in [-0.39, 0.29) is 11.8 Å². The molecule has 0 aliphatic carbocycles. The predicted octanol–water partition coefficient (Wildman–Crippen LogP) is 3.37. The smallest absolute Gasteiger partial charge is 0.270 e. The Morgan fingerprint density at radius 2 is 2.00 bits per heavy atom. The highest BCUT2D eigenvalue weighted by Gasteiger charge is 2.27. The Kier molecular flexibility index (Phi) is 5.25. The molecular formula is C22H21N5O2. The van der Waals surface area contributed by atoms with E-state index in [1.807, 2.05) is 41.3 Å². The fraction of sp³-hybridized carbons (Fsp3) is 0.273. The topological polar surface area (TPSA) is 94.9 Å². The number of amides is 1. The second kappa shape index (κ2) is 8.15. The first-order valence-electron chi connectivity index (χ1n) is 9.54. The number of aromatic nitrogens is 3. The number of rotatable bonds is 4. The number of piperidine rings is 1. The number of nitrogens with zero attached hydrogens (tertiary/aromatic N) is 4. The molecule has 7 heteroatoms. The van der Waals surface area contributed by atoms with Crippen LogP contribution in [0, 0.1) is 11.3 Å². The first-order valence-corrected chi connectivity index (χ1v) is 9.54. The van der Waals surface area contributed by atoms with Gasteiger partial charge in [0.2, 0.25) is 0 Å². The van der Waals surface area contributed by atoms with E-state index in [1.54, 1.807) is 25.4 Å². The lowest BCUT2D eigenvalue weighted by Crippen LogP contribution is -2.38. The number of hydrogen-bond acceptors (Lipinski definition) is 5. The van der Waals surface area contributed by atoms with Crippen LogP contribution in [-0.4, -0.2) is 46.0 Å². The van der Waals surface area contributed by atoms with Gasteiger partial charge in [0.05, 0.1) is 12.8 Å². The molecule has 29 heavy (non-hydrogen) atoms. The van der Waals surface area contributed by atoms with Crippen LogP contribution < -0.4 is 4.74 Å². The van der Waals surface area contributed by atoms with Gasteiger partial charge in [0, 0.05) is 30.8 Å². The Hall–Kier alpha value is -3.66. The van der Waals surface area contributed by atoms with E-state index in [1.165, 1.54) is 0 Å². The number of ether oxygens (including phenoxy) is 1. The average molecular weight is 387 g/mol. The summed E-state index contributed by atoms with van der Waals surface area (Å²) in [5.74, 6) is 1.70. The molecule has 1 aliphatic heterocycles. The molecule has 1 aromatic carbocycles. The normalized spacial score (nSPS) is 14.4. The zero-order chi connectivity index (χ0) is 20.2. The molecule has 3 heterocycles. The third-order valence-electron chi connectivity index (χ3n) is 5.24. The summed E-state index contributed by atoms with van der Waals surface area (Å²) in [6, 6.07) is 15.0. The van der Waals surface area contributed by atoms with Crippen LogP contribution in [0.2, 0.25) is 0 Å². The Balaban J connectivity index is 1.46. The SMILES string of the molecule is COc1ccccc1-c1ccnc(C2CCN(C(=O)c3ccc(C#N)[nH]3)CC2)n1. The highest BCUT2D eigenvalue weighted by atomic mass is 16.5. The van der Waals surface area contributed by atoms with E-state index in [4.69, 9.17) is 15.0 Å². The molecule has 1 amide bonds. The highest BCUT2D eigenvalue weighted by Crippen LogP contribution is 2.31. The summed E-state index contributed by atoms with van der Waals surface area (Å²) >= 11 is 0. The van der Waals surface area contributed by atoms with E-state index >= 15 is 0 Å². The molecule has 0 atom stereocenters. The summed E-state index contributed by atoms with van der Waals surface area (Å²) in [7, 11) is 1.65. The van der Waals surface area contributed by atoms with Gasteiger partial charge >= 0.3 is 0 Å². The van der Waals surface area contributed by atoms with Crippen molar-refractivity contribution in [1.29, 1.82) is 5.26 Å². The molecule has 0 bridgehead atoms. The zero-order valence-corrected chi connectivity index (χ0v) is 16.1. The van der Waals surface area contributed by atoms with Crippen molar-refractivity contribution in [3.63, 3.8) is 0 Å². The number of methoxy groups -OCH3 is 1. The van der Waals surface area contributed by atoms with Gasteiger partial charge in [-0.05, 0) is 43.2 Å². The van der Waals surface area contributed by atoms with Crippen LogP contribution >= 0.6 is 0 Å². The third-order valence-corrected chi connectivity index (χ3v) is 5.24. The molecule has 1 fully saturated rings. The van der Waals surface area contributed by atoms with Crippen LogP contribution in [0.3, 0.4) is 0 Å². The minimum atomic E-state index is -0.0753. The summed E-state index contributed by atoms with van der Waals surface area (Å²) in [6.45, 7) is 1.26. The first kappa shape index (κ1) is 18.7. The Labute approximate surface area is 169 Å². The predicted molar refractivity (Wildman–Crippen MR) is 107 cm³/mol. The molecule has 2 aromatic heterocycles. The lowest BCUT2D eigenvalue weighted by molar-refractivity contribution is 0.0705. The molecule has 3 aromatic rings. The number of aromatic amines is 1. The number of carbonyl (C=O) groups is 1. The van der Waals surface area contributed by atoms with Gasteiger partial charge in [0.25, 0.3) is 5.91 Å². The van der Waals surface area contributed by atoms with E-state index in [0.29, 0.717) is 24.5 Å². The molecule has 7 nitrogen and oxygen atoms in total. The summed E-state index contributed by atoms with van der Waals surface area (Å²) in [6.07, 6.45) is 3.38. The minimum Gasteiger partial charge on any atom is -0.496 e. The number of carbonyl (C=O) groups excluding carboxylic acids is 1. The Morgan fingerprint density at radius 1 is 1.21 bits per heavy atom. The van der Waals surface area contributed by atoms with Crippen LogP contribution in [0.25, 0.3) is 11.3 Å². The standard InChI is InChI=1S/C22H21N5O2/c1-29-20-5-3-2-4-17(20)18-8-11-24-21(26-18)15-9-12-27(13-10-15)22(28)19-7-6-16(14-23)25-19/h2-8,11,15,25H,9-10,12-13H2,1H3. The largest absolute Gasteiger partial charge is 0.496 e. The Morgan fingerprint density at radius 3 is 2.72 bits per heavy atom. The van der Waals surface area contributed by atoms with Crippen molar-refractivity contribution < 1.29 is 9.53 Å². The van der Waals surface area contributed by atoms with Crippen LogP contribution in [0.1, 0.15) is 40.8 Å². The van der Waals surface area contributed by atoms with Gasteiger partial charge in [-0.3, -0.25) is 4.79 Å². The number of benzene rings is 1. The van der Waals surface area contributed by atoms with E-state index in [2.05, 4.69) is 9.97 Å². The zero-order valence-electron chi connectivity index (χ0n) is 16.1. The number of H-pyrrole nitrogens is 1. The van der Waals surface area contributed by atoms with Gasteiger partial charge in [-0.1, -0.05) is 12.1 Å². The Bertz CT molecular complexity index is 1060. The number of hydrogen-bond donors (Lipinski definition) is 1. The molecule has 146 valence electrons. The van der Waals surface area contributed by atoms with Gasteiger partial charge in [-0.25, -0.2) is 9.97 Å². The number of nitriles is 1. The lowest BCUT2D eigenvalue weighted by Gasteiger charge is -2.31. The van der Waals surface area contributed by atoms with Crippen molar-refractivity contribution in [2.45, 2.75) is 18.8 Å². The van der Waals surface area contributed by atoms with Crippen molar-refractivity contribution in [3.05, 3.63) is 65.9 Å². The van der Waals surface area contributed by atoms with Gasteiger partial charge in [0.1, 0.15) is 29.0 Å². The van der Waals surface area contributed by atoms with E-state index < -0.39 is 0 Å². The van der Waals surface area contributed by atoms with Crippen molar-refractivity contribution in [3.8, 4) is 23.1 Å². The van der Waals surface area contributed by atoms with Crippen LogP contribution in [0.15, 0.2) is 48.7 Å². The quantitative estimate of drug-likeness (QED) is 0.741. The summed E-state index contributed by atoms with van der Waals surface area (Å²) in [4.78, 5) is 26.6. The average Bonchev–Trinajstić information content (AvgIpc) is 3.28. The molecule has 0 spiro atoms. The van der Waals surface area contributed by atoms with Crippen LogP contribution in [-0.2, 0) is 0 Å². The molecule has 4 rings (SSSR count). The minimum absolute atomic E-state index is 0.0753. The van der Waals surface area contributed by atoms with Crippen molar-refractivity contribution >= 4 is 5.91 Å². The van der Waals surface area contributed by atoms with Crippen molar-refractivity contribution in [1.82, 2.24) is 19.9 Å². The van der Waals surface area contributed by atoms with Crippen molar-refractivity contribution in [2.75, 3.05) is 20.2 Å². The first-order chi connectivity index (χ1) is 14.2. The molecule has 0 saturated carbocycles. The summed E-state index contributed by atoms with van der Waals surface area (Å²) in [5, 5.41) is 8.91. The lowest BCUT2D eigenvalue weighted by atomic mass is 9.95. The maximum Gasteiger partial charge on any atom is 0.270 e. The second-order valence-electron chi connectivity index (χ2n) is 6.96. The van der Waals surface area contributed by atoms with E-state index in [9.17, 15) is 4.79 Å². The van der Waals surface area contributed by atoms with Crippen molar-refractivity contribution in [2.24, 2.45) is 0 Å². The van der Waals surface area contributed by atoms with Gasteiger partial charge < -0.3 is 14.6 Å². The van der Waals surface area contributed by atoms with E-state index in [0.717, 1.165) is 35.7 Å². The van der Waals surface area contributed by atoms with Crippen LogP contribution in [0.5, 0.6) is 5.75 Å². The fourth-order valence-corrected chi connectivity index (χ4v) is 3.67. The molecule has 0 radical (unpaired) electrons. The molecular weight excluding hydrogens is 366 g/mol. The maximum atomic E-state index is 12.6. The number of likely N-dealkylation sites (tertiary alicyclic amines) is 1. The molecule has 1 saturated heterocycles. The number of nitrogens with one attached hydrogen (secondary N) is 1. The molecule has 0 unspecified atom stereocenters. The van der Waals surface area contributed by atoms with Crippen LogP contribution in [0.4, 0.5) is 0 Å². The fourth-order valence-electron chi connectivity index (χ4n) is 3.67. The maximum absolute atomic E-state index is 12.6. The number of para-hydroxylation sites is 1.